The summed E-state index contributed by atoms with van der Waals surface area (Å²) in [4.78, 5) is 10.5. The first-order chi connectivity index (χ1) is 19.0. The minimum Gasteiger partial charge on any atom is -0.179 e. The normalized spacial score (nSPS) is 10.1. The van der Waals surface area contributed by atoms with Crippen molar-refractivity contribution in [1.82, 2.24) is 0 Å². The zero-order valence-corrected chi connectivity index (χ0v) is 25.6. The number of hydrogen-bond acceptors (Lipinski definition) is 1. The van der Waals surface area contributed by atoms with E-state index in [4.69, 9.17) is 24.3 Å². The van der Waals surface area contributed by atoms with E-state index in [1.165, 1.54) is 32.6 Å². The minimum atomic E-state index is -0.622. The van der Waals surface area contributed by atoms with Crippen LogP contribution in [-0.2, 0) is 23.5 Å². The van der Waals surface area contributed by atoms with Crippen LogP contribution < -0.4 is 10.4 Å². The van der Waals surface area contributed by atoms with E-state index in [1.54, 1.807) is 18.2 Å². The third kappa shape index (κ3) is 10.3. The Morgan fingerprint density at radius 1 is 0.769 bits per heavy atom. The number of nitrogens with one attached hydrogen (secondary N) is 1. The molecule has 5 aromatic rings. The summed E-state index contributed by atoms with van der Waals surface area (Å²) in [6.45, 7) is 1.90. The SMILES string of the molecule is Cc1cccc(C([NH-])=O)c1.[Cl][Ti][Cl].[c-]1cccc2c1Cc1ccccc1-2.c1ccc([Si]c2ccccc2)cc1. The van der Waals surface area contributed by atoms with E-state index >= 15 is 0 Å². The van der Waals surface area contributed by atoms with Gasteiger partial charge in [0.15, 0.2) is 0 Å². The van der Waals surface area contributed by atoms with Crippen molar-refractivity contribution >= 4 is 44.4 Å². The zero-order valence-electron chi connectivity index (χ0n) is 21.5. The van der Waals surface area contributed by atoms with Gasteiger partial charge in [0.25, 0.3) is 0 Å². The van der Waals surface area contributed by atoms with Gasteiger partial charge in [-0.15, -0.1) is 5.56 Å². The summed E-state index contributed by atoms with van der Waals surface area (Å²) in [5, 5.41) is 2.79. The van der Waals surface area contributed by atoms with Crippen LogP contribution in [0.15, 0.2) is 127 Å². The van der Waals surface area contributed by atoms with Gasteiger partial charge in [-0.05, 0) is 18.9 Å². The number of rotatable bonds is 3. The average Bonchev–Trinajstić information content (AvgIpc) is 3.34. The summed E-state index contributed by atoms with van der Waals surface area (Å²) in [5.41, 5.74) is 13.8. The topological polar surface area (TPSA) is 40.9 Å². The Labute approximate surface area is 250 Å². The number of carbonyl (C=O) groups is 1. The van der Waals surface area contributed by atoms with Gasteiger partial charge < -0.3 is 10.5 Å². The van der Waals surface area contributed by atoms with Crippen LogP contribution in [0.5, 0.6) is 0 Å². The second kappa shape index (κ2) is 16.9. The molecule has 0 unspecified atom stereocenters. The molecule has 0 saturated heterocycles. The molecule has 0 aliphatic heterocycles. The van der Waals surface area contributed by atoms with Crippen LogP contribution in [-0.4, -0.2) is 15.4 Å². The molecule has 0 heterocycles. The molecule has 1 N–H and O–H groups in total. The van der Waals surface area contributed by atoms with Crippen LogP contribution in [0, 0.1) is 13.0 Å². The van der Waals surface area contributed by atoms with Gasteiger partial charge in [0.2, 0.25) is 0 Å². The molecular formula is C33H27Cl2NOSiTi-2. The van der Waals surface area contributed by atoms with Crippen LogP contribution in [0.1, 0.15) is 27.0 Å². The fraction of sp³-hybridized carbons (Fsp3) is 0.0606. The Morgan fingerprint density at radius 2 is 1.33 bits per heavy atom. The molecule has 6 rings (SSSR count). The third-order valence-electron chi connectivity index (χ3n) is 5.73. The maximum Gasteiger partial charge on any atom is 0.121 e. The van der Waals surface area contributed by atoms with Gasteiger partial charge in [-0.25, -0.2) is 0 Å². The predicted molar refractivity (Wildman–Crippen MR) is 163 cm³/mol. The molecular weight excluding hydrogens is 573 g/mol. The Hall–Kier alpha value is -2.92. The molecule has 0 aromatic heterocycles. The molecule has 2 radical (unpaired) electrons. The molecule has 1 amide bonds. The summed E-state index contributed by atoms with van der Waals surface area (Å²) in [5.74, 6) is -0.622. The smallest absolute Gasteiger partial charge is 0.121 e. The first-order valence-corrected chi connectivity index (χ1v) is 17.6. The summed E-state index contributed by atoms with van der Waals surface area (Å²) in [6.07, 6.45) is 1.05. The van der Waals surface area contributed by atoms with Crippen molar-refractivity contribution in [2.75, 3.05) is 0 Å². The van der Waals surface area contributed by atoms with Crippen molar-refractivity contribution in [3.63, 3.8) is 0 Å². The number of hydrogen-bond donors (Lipinski definition) is 0. The molecule has 6 heteroatoms. The molecule has 2 nitrogen and oxygen atoms in total. The second-order valence-electron chi connectivity index (χ2n) is 8.52. The van der Waals surface area contributed by atoms with Crippen molar-refractivity contribution in [3.8, 4) is 11.1 Å². The average molecular weight is 600 g/mol. The van der Waals surface area contributed by atoms with Gasteiger partial charge in [-0.3, -0.25) is 0 Å². The summed E-state index contributed by atoms with van der Waals surface area (Å²) >= 11 is -0.556. The predicted octanol–water partition coefficient (Wildman–Crippen LogP) is 7.96. The van der Waals surface area contributed by atoms with Crippen molar-refractivity contribution in [1.29, 1.82) is 0 Å². The van der Waals surface area contributed by atoms with Gasteiger partial charge in [-0.1, -0.05) is 136 Å². The standard InChI is InChI=1S/C13H9.C12H10Si.C8H9NO.2ClH.Ti/c1-3-7-12-10(5-1)9-11-6-2-4-8-13(11)12;1-3-7-11(8-4-1)13-12-9-5-2-6-10-12;1-6-3-2-4-7(5-6)8(9)10;;;/h1-5,7-8H,9H2;1-10H;2-5H,1H3,(H2,9,10);2*1H;/q-1;;;;;+2/p-3. The van der Waals surface area contributed by atoms with Crippen LogP contribution in [0.2, 0.25) is 0 Å². The summed E-state index contributed by atoms with van der Waals surface area (Å²) in [6, 6.07) is 46.3. The van der Waals surface area contributed by atoms with Crippen LogP contribution >= 0.6 is 18.6 Å². The number of benzene rings is 5. The van der Waals surface area contributed by atoms with Crippen molar-refractivity contribution in [2.45, 2.75) is 13.3 Å². The third-order valence-corrected chi connectivity index (χ3v) is 6.98. The molecule has 194 valence electrons. The first kappa shape index (κ1) is 30.6. The fourth-order valence-corrected chi connectivity index (χ4v) is 5.05. The second-order valence-corrected chi connectivity index (χ2v) is 12.5. The largest absolute Gasteiger partial charge is 0.179 e. The van der Waals surface area contributed by atoms with E-state index in [0.29, 0.717) is 5.56 Å². The molecule has 1 aliphatic rings. The van der Waals surface area contributed by atoms with E-state index in [1.807, 2.05) is 19.1 Å². The van der Waals surface area contributed by atoms with Gasteiger partial charge in [0.05, 0.1) is 5.91 Å². The van der Waals surface area contributed by atoms with Crippen molar-refractivity contribution in [3.05, 3.63) is 161 Å². The fourth-order valence-electron chi connectivity index (χ4n) is 3.99. The Bertz CT molecular complexity index is 1370. The van der Waals surface area contributed by atoms with Crippen molar-refractivity contribution < 1.29 is 21.8 Å². The zero-order chi connectivity index (χ0) is 27.9. The van der Waals surface area contributed by atoms with Gasteiger partial charge in [0.1, 0.15) is 9.52 Å². The first-order valence-electron chi connectivity index (χ1n) is 12.3. The maximum absolute atomic E-state index is 10.5. The Kier molecular flexibility index (Phi) is 13.3. The molecule has 0 bridgehead atoms. The van der Waals surface area contributed by atoms with E-state index in [-0.39, 0.29) is 0 Å². The van der Waals surface area contributed by atoms with Crippen LogP contribution in [0.3, 0.4) is 0 Å². The van der Waals surface area contributed by atoms with Crippen LogP contribution in [0.25, 0.3) is 16.9 Å². The molecule has 0 fully saturated rings. The molecule has 0 spiro atoms. The van der Waals surface area contributed by atoms with Crippen molar-refractivity contribution in [2.24, 2.45) is 0 Å². The monoisotopic (exact) mass is 599 g/mol. The molecule has 0 atom stereocenters. The number of fused-ring (bicyclic) bond motifs is 3. The number of aryl methyl sites for hydroxylation is 1. The molecule has 5 aromatic carbocycles. The summed E-state index contributed by atoms with van der Waals surface area (Å²) < 4.78 is 0. The van der Waals surface area contributed by atoms with E-state index in [9.17, 15) is 4.79 Å². The quantitative estimate of drug-likeness (QED) is 0.150. The van der Waals surface area contributed by atoms with Crippen LogP contribution in [0.4, 0.5) is 0 Å². The molecule has 1 aliphatic carbocycles. The number of halogens is 2. The van der Waals surface area contributed by atoms with Gasteiger partial charge >= 0.3 is 35.6 Å². The van der Waals surface area contributed by atoms with E-state index in [0.717, 1.165) is 21.5 Å². The minimum absolute atomic E-state index is 0.458. The summed E-state index contributed by atoms with van der Waals surface area (Å²) in [7, 11) is 10.6. The van der Waals surface area contributed by atoms with E-state index < -0.39 is 22.9 Å². The van der Waals surface area contributed by atoms with E-state index in [2.05, 4.69) is 103 Å². The maximum atomic E-state index is 10.5. The Balaban J connectivity index is 0.000000155. The number of amides is 1. The number of carbonyl (C=O) groups excluding carboxylic acids is 1. The molecule has 0 saturated carbocycles. The Morgan fingerprint density at radius 3 is 1.90 bits per heavy atom. The molecule has 39 heavy (non-hydrogen) atoms. The van der Waals surface area contributed by atoms with Gasteiger partial charge in [-0.2, -0.15) is 29.8 Å². The van der Waals surface area contributed by atoms with Gasteiger partial charge in [0, 0.05) is 0 Å².